The molecule has 2 aromatic rings. The number of rotatable bonds is 9. The van der Waals surface area contributed by atoms with Gasteiger partial charge in [-0.25, -0.2) is 0 Å². The van der Waals surface area contributed by atoms with Gasteiger partial charge in [-0.1, -0.05) is 54.1 Å². The first-order valence-electron chi connectivity index (χ1n) is 8.85. The maximum Gasteiger partial charge on any atom is 0.224 e. The lowest BCUT2D eigenvalue weighted by Crippen LogP contribution is -2.38. The third kappa shape index (κ3) is 6.89. The summed E-state index contributed by atoms with van der Waals surface area (Å²) in [5, 5.41) is 4.12. The van der Waals surface area contributed by atoms with Crippen molar-refractivity contribution < 1.29 is 4.79 Å². The standard InChI is InChI=1S/C21H27ClN2O/c1-17(2)24(16-19-7-4-3-5-8-19)21(25)12-14-23-13-11-18-9-6-10-20(22)15-18/h3-10,15,17,23H,11-14,16H2,1-2H3. The van der Waals surface area contributed by atoms with Gasteiger partial charge in [-0.15, -0.1) is 0 Å². The monoisotopic (exact) mass is 358 g/mol. The molecule has 0 bridgehead atoms. The second-order valence-corrected chi connectivity index (χ2v) is 6.92. The van der Waals surface area contributed by atoms with Gasteiger partial charge in [0.1, 0.15) is 0 Å². The molecule has 4 heteroatoms. The molecule has 0 heterocycles. The Balaban J connectivity index is 1.73. The highest BCUT2D eigenvalue weighted by Gasteiger charge is 2.16. The van der Waals surface area contributed by atoms with E-state index < -0.39 is 0 Å². The third-order valence-corrected chi connectivity index (χ3v) is 4.37. The molecule has 0 fully saturated rings. The van der Waals surface area contributed by atoms with Crippen LogP contribution in [-0.4, -0.2) is 29.9 Å². The van der Waals surface area contributed by atoms with Crippen LogP contribution in [0.25, 0.3) is 0 Å². The molecule has 2 rings (SSSR count). The van der Waals surface area contributed by atoms with E-state index in [4.69, 9.17) is 11.6 Å². The van der Waals surface area contributed by atoms with Crippen LogP contribution in [0, 0.1) is 0 Å². The molecular weight excluding hydrogens is 332 g/mol. The molecular formula is C21H27ClN2O. The first-order chi connectivity index (χ1) is 12.1. The zero-order chi connectivity index (χ0) is 18.1. The van der Waals surface area contributed by atoms with Gasteiger partial charge in [0.05, 0.1) is 0 Å². The molecule has 0 aliphatic carbocycles. The Morgan fingerprint density at radius 3 is 2.44 bits per heavy atom. The summed E-state index contributed by atoms with van der Waals surface area (Å²) in [5.74, 6) is 0.189. The zero-order valence-electron chi connectivity index (χ0n) is 15.0. The molecule has 1 amide bonds. The molecule has 0 aliphatic heterocycles. The average molecular weight is 359 g/mol. The number of carbonyl (C=O) groups is 1. The number of hydrogen-bond acceptors (Lipinski definition) is 2. The molecule has 0 aliphatic rings. The molecule has 0 saturated carbocycles. The molecule has 3 nitrogen and oxygen atoms in total. The van der Waals surface area contributed by atoms with E-state index >= 15 is 0 Å². The van der Waals surface area contributed by atoms with E-state index in [1.807, 2.05) is 41.3 Å². The highest BCUT2D eigenvalue weighted by Crippen LogP contribution is 2.11. The predicted octanol–water partition coefficient (Wildman–Crippen LogP) is 4.30. The van der Waals surface area contributed by atoms with E-state index in [2.05, 4.69) is 37.4 Å². The number of nitrogens with one attached hydrogen (secondary N) is 1. The molecule has 0 atom stereocenters. The number of benzene rings is 2. The molecule has 25 heavy (non-hydrogen) atoms. The molecule has 134 valence electrons. The zero-order valence-corrected chi connectivity index (χ0v) is 15.8. The molecule has 0 radical (unpaired) electrons. The summed E-state index contributed by atoms with van der Waals surface area (Å²) < 4.78 is 0. The van der Waals surface area contributed by atoms with Gasteiger partial charge in [-0.2, -0.15) is 0 Å². The van der Waals surface area contributed by atoms with E-state index in [9.17, 15) is 4.79 Å². The van der Waals surface area contributed by atoms with Crippen LogP contribution in [-0.2, 0) is 17.8 Å². The first-order valence-corrected chi connectivity index (χ1v) is 9.22. The number of amides is 1. The van der Waals surface area contributed by atoms with Crippen LogP contribution in [0.15, 0.2) is 54.6 Å². The van der Waals surface area contributed by atoms with E-state index in [0.717, 1.165) is 18.0 Å². The second-order valence-electron chi connectivity index (χ2n) is 6.48. The summed E-state index contributed by atoms with van der Waals surface area (Å²) in [6, 6.07) is 18.2. The molecule has 0 saturated heterocycles. The van der Waals surface area contributed by atoms with Gasteiger partial charge in [-0.3, -0.25) is 4.79 Å². The number of hydrogen-bond donors (Lipinski definition) is 1. The Bertz CT molecular complexity index is 658. The lowest BCUT2D eigenvalue weighted by atomic mass is 10.1. The molecule has 2 aromatic carbocycles. The van der Waals surface area contributed by atoms with E-state index in [-0.39, 0.29) is 11.9 Å². The number of halogens is 1. The Morgan fingerprint density at radius 1 is 1.04 bits per heavy atom. The van der Waals surface area contributed by atoms with Crippen molar-refractivity contribution in [3.63, 3.8) is 0 Å². The maximum atomic E-state index is 12.5. The molecule has 0 spiro atoms. The summed E-state index contributed by atoms with van der Waals surface area (Å²) in [7, 11) is 0. The smallest absolute Gasteiger partial charge is 0.224 e. The van der Waals surface area contributed by atoms with Gasteiger partial charge in [0.15, 0.2) is 0 Å². The topological polar surface area (TPSA) is 32.3 Å². The van der Waals surface area contributed by atoms with Crippen molar-refractivity contribution in [3.05, 3.63) is 70.7 Å². The maximum absolute atomic E-state index is 12.5. The Kier molecular flexibility index (Phi) is 7.96. The quantitative estimate of drug-likeness (QED) is 0.678. The van der Waals surface area contributed by atoms with Crippen molar-refractivity contribution >= 4 is 17.5 Å². The van der Waals surface area contributed by atoms with Crippen LogP contribution in [0.1, 0.15) is 31.4 Å². The van der Waals surface area contributed by atoms with Gasteiger partial charge in [0.25, 0.3) is 0 Å². The van der Waals surface area contributed by atoms with Gasteiger partial charge >= 0.3 is 0 Å². The van der Waals surface area contributed by atoms with Crippen LogP contribution in [0.2, 0.25) is 5.02 Å². The fourth-order valence-corrected chi connectivity index (χ4v) is 2.94. The fraction of sp³-hybridized carbons (Fsp3) is 0.381. The molecule has 1 N–H and O–H groups in total. The largest absolute Gasteiger partial charge is 0.336 e. The average Bonchev–Trinajstić information content (AvgIpc) is 2.60. The SMILES string of the molecule is CC(C)N(Cc1ccccc1)C(=O)CCNCCc1cccc(Cl)c1. The predicted molar refractivity (Wildman–Crippen MR) is 105 cm³/mol. The Morgan fingerprint density at radius 2 is 1.76 bits per heavy atom. The van der Waals surface area contributed by atoms with Crippen molar-refractivity contribution in [2.75, 3.05) is 13.1 Å². The second kappa shape index (κ2) is 10.2. The highest BCUT2D eigenvalue weighted by atomic mass is 35.5. The van der Waals surface area contributed by atoms with Crippen molar-refractivity contribution in [1.82, 2.24) is 10.2 Å². The molecule has 0 aromatic heterocycles. The van der Waals surface area contributed by atoms with Crippen molar-refractivity contribution in [1.29, 1.82) is 0 Å². The fourth-order valence-electron chi connectivity index (χ4n) is 2.73. The summed E-state index contributed by atoms with van der Waals surface area (Å²) in [6.45, 7) is 6.33. The normalized spacial score (nSPS) is 10.9. The van der Waals surface area contributed by atoms with Gasteiger partial charge < -0.3 is 10.2 Å². The van der Waals surface area contributed by atoms with Crippen LogP contribution >= 0.6 is 11.6 Å². The van der Waals surface area contributed by atoms with E-state index in [1.165, 1.54) is 11.1 Å². The molecule has 0 unspecified atom stereocenters. The van der Waals surface area contributed by atoms with Crippen LogP contribution in [0.3, 0.4) is 0 Å². The Hall–Kier alpha value is -1.84. The lowest BCUT2D eigenvalue weighted by Gasteiger charge is -2.27. The van der Waals surface area contributed by atoms with Crippen molar-refractivity contribution in [3.8, 4) is 0 Å². The third-order valence-electron chi connectivity index (χ3n) is 4.13. The summed E-state index contributed by atoms with van der Waals surface area (Å²) in [6.07, 6.45) is 1.42. The number of carbonyl (C=O) groups excluding carboxylic acids is 1. The van der Waals surface area contributed by atoms with Crippen LogP contribution in [0.5, 0.6) is 0 Å². The van der Waals surface area contributed by atoms with Crippen molar-refractivity contribution in [2.24, 2.45) is 0 Å². The van der Waals surface area contributed by atoms with Crippen LogP contribution < -0.4 is 5.32 Å². The highest BCUT2D eigenvalue weighted by molar-refractivity contribution is 6.30. The van der Waals surface area contributed by atoms with Gasteiger partial charge in [0, 0.05) is 30.6 Å². The van der Waals surface area contributed by atoms with E-state index in [1.54, 1.807) is 0 Å². The van der Waals surface area contributed by atoms with Crippen LogP contribution in [0.4, 0.5) is 0 Å². The summed E-state index contributed by atoms with van der Waals surface area (Å²) in [5.41, 5.74) is 2.37. The lowest BCUT2D eigenvalue weighted by molar-refractivity contribution is -0.133. The van der Waals surface area contributed by atoms with Crippen molar-refractivity contribution in [2.45, 2.75) is 39.3 Å². The first kappa shape index (κ1) is 19.5. The minimum Gasteiger partial charge on any atom is -0.336 e. The van der Waals surface area contributed by atoms with Gasteiger partial charge in [0.2, 0.25) is 5.91 Å². The Labute approximate surface area is 156 Å². The van der Waals surface area contributed by atoms with E-state index in [0.29, 0.717) is 19.5 Å². The minimum atomic E-state index is 0.189. The minimum absolute atomic E-state index is 0.189. The van der Waals surface area contributed by atoms with Gasteiger partial charge in [-0.05, 0) is 50.1 Å². The summed E-state index contributed by atoms with van der Waals surface area (Å²) in [4.78, 5) is 14.5. The summed E-state index contributed by atoms with van der Waals surface area (Å²) >= 11 is 5.99. The number of nitrogens with zero attached hydrogens (tertiary/aromatic N) is 1.